The molecule has 1 fully saturated rings. The van der Waals surface area contributed by atoms with Gasteiger partial charge in [-0.2, -0.15) is 8.78 Å². The van der Waals surface area contributed by atoms with Gasteiger partial charge in [-0.25, -0.2) is 9.97 Å². The Kier molecular flexibility index (Phi) is 8.51. The Morgan fingerprint density at radius 3 is 2.49 bits per heavy atom. The van der Waals surface area contributed by atoms with Crippen molar-refractivity contribution in [2.45, 2.75) is 25.8 Å². The fourth-order valence-electron chi connectivity index (χ4n) is 5.06. The molecule has 5 rings (SSSR count). The molecule has 0 N–H and O–H groups in total. The molecule has 1 saturated heterocycles. The number of likely N-dealkylation sites (tertiary alicyclic amines) is 1. The van der Waals surface area contributed by atoms with Crippen LogP contribution in [0.3, 0.4) is 0 Å². The molecule has 1 atom stereocenters. The zero-order chi connectivity index (χ0) is 28.9. The highest BCUT2D eigenvalue weighted by Crippen LogP contribution is 2.35. The topological polar surface area (TPSA) is 87.9 Å². The summed E-state index contributed by atoms with van der Waals surface area (Å²) >= 11 is 0. The summed E-state index contributed by atoms with van der Waals surface area (Å²) in [7, 11) is 4.71. The van der Waals surface area contributed by atoms with E-state index >= 15 is 0 Å². The molecule has 0 spiro atoms. The monoisotopic (exact) mass is 566 g/mol. The van der Waals surface area contributed by atoms with E-state index < -0.39 is 6.55 Å². The van der Waals surface area contributed by atoms with Gasteiger partial charge < -0.3 is 23.8 Å². The molecular formula is C30H32F2N4O5. The number of fused-ring (bicyclic) bond motifs is 1. The van der Waals surface area contributed by atoms with Gasteiger partial charge in [0.2, 0.25) is 11.8 Å². The molecule has 0 unspecified atom stereocenters. The lowest BCUT2D eigenvalue weighted by atomic mass is 10.1. The fraction of sp³-hybridized carbons (Fsp3) is 0.367. The van der Waals surface area contributed by atoms with Crippen LogP contribution in [-0.2, 0) is 11.2 Å². The number of rotatable bonds is 12. The number of carbonyl (C=O) groups excluding carboxylic acids is 1. The SMILES string of the molecule is COc1ccc(CCN2C[C@H](CCOc3nc(-c4ccc(OC)c(OC)c4)cc4ncn(C(F)F)c34)CC2=O)cc1. The van der Waals surface area contributed by atoms with E-state index in [4.69, 9.17) is 18.9 Å². The number of ether oxygens (including phenoxy) is 4. The van der Waals surface area contributed by atoms with Crippen LogP contribution in [0.5, 0.6) is 23.1 Å². The predicted molar refractivity (Wildman–Crippen MR) is 149 cm³/mol. The standard InChI is InChI=1S/C30H32F2N4O5/c1-38-22-7-4-19(5-8-22)10-12-35-17-20(14-27(35)37)11-13-41-29-28-24(33-18-36(28)30(31)32)16-23(34-29)21-6-9-25(39-2)26(15-21)40-3/h4-9,15-16,18,20,30H,10-14,17H2,1-3H3/t20-/m1/s1. The first kappa shape index (κ1) is 28.1. The Balaban J connectivity index is 1.27. The highest BCUT2D eigenvalue weighted by atomic mass is 19.3. The smallest absolute Gasteiger partial charge is 0.320 e. The van der Waals surface area contributed by atoms with Crippen molar-refractivity contribution >= 4 is 16.9 Å². The molecule has 2 aromatic heterocycles. The molecule has 0 radical (unpaired) electrons. The number of pyridine rings is 1. The fourth-order valence-corrected chi connectivity index (χ4v) is 5.06. The Morgan fingerprint density at radius 2 is 1.78 bits per heavy atom. The van der Waals surface area contributed by atoms with Crippen LogP contribution in [-0.4, -0.2) is 66.4 Å². The van der Waals surface area contributed by atoms with Gasteiger partial charge in [-0.05, 0) is 60.7 Å². The van der Waals surface area contributed by atoms with Gasteiger partial charge in [-0.15, -0.1) is 0 Å². The van der Waals surface area contributed by atoms with Crippen LogP contribution in [0.1, 0.15) is 25.0 Å². The number of imidazole rings is 1. The third-order valence-electron chi connectivity index (χ3n) is 7.30. The van der Waals surface area contributed by atoms with E-state index in [1.807, 2.05) is 29.2 Å². The minimum absolute atomic E-state index is 0.0609. The van der Waals surface area contributed by atoms with Crippen LogP contribution in [0, 0.1) is 5.92 Å². The highest BCUT2D eigenvalue weighted by molar-refractivity contribution is 5.85. The van der Waals surface area contributed by atoms with Crippen molar-refractivity contribution in [3.8, 4) is 34.4 Å². The van der Waals surface area contributed by atoms with Crippen molar-refractivity contribution in [2.75, 3.05) is 41.0 Å². The van der Waals surface area contributed by atoms with Gasteiger partial charge in [0.25, 0.3) is 0 Å². The molecule has 0 aliphatic carbocycles. The van der Waals surface area contributed by atoms with Gasteiger partial charge >= 0.3 is 6.55 Å². The number of benzene rings is 2. The quantitative estimate of drug-likeness (QED) is 0.228. The van der Waals surface area contributed by atoms with Crippen LogP contribution in [0.2, 0.25) is 0 Å². The maximum Gasteiger partial charge on any atom is 0.320 e. The zero-order valence-electron chi connectivity index (χ0n) is 23.2. The summed E-state index contributed by atoms with van der Waals surface area (Å²) in [6.45, 7) is -1.33. The van der Waals surface area contributed by atoms with E-state index in [1.54, 1.807) is 38.5 Å². The summed E-state index contributed by atoms with van der Waals surface area (Å²) in [5.41, 5.74) is 2.77. The average Bonchev–Trinajstić information content (AvgIpc) is 3.59. The Hall–Kier alpha value is -4.41. The minimum atomic E-state index is -2.80. The number of aromatic nitrogens is 3. The third kappa shape index (κ3) is 6.18. The molecule has 11 heteroatoms. The van der Waals surface area contributed by atoms with Crippen LogP contribution in [0.15, 0.2) is 54.9 Å². The van der Waals surface area contributed by atoms with Crippen molar-refractivity contribution in [1.82, 2.24) is 19.4 Å². The summed E-state index contributed by atoms with van der Waals surface area (Å²) in [4.78, 5) is 23.3. The summed E-state index contributed by atoms with van der Waals surface area (Å²) in [6.07, 6.45) is 2.84. The summed E-state index contributed by atoms with van der Waals surface area (Å²) < 4.78 is 50.2. The van der Waals surface area contributed by atoms with Gasteiger partial charge in [0.05, 0.1) is 39.1 Å². The minimum Gasteiger partial charge on any atom is -0.497 e. The molecule has 0 bridgehead atoms. The van der Waals surface area contributed by atoms with Crippen LogP contribution in [0.4, 0.5) is 8.78 Å². The Morgan fingerprint density at radius 1 is 1.00 bits per heavy atom. The normalized spacial score (nSPS) is 15.1. The molecule has 41 heavy (non-hydrogen) atoms. The predicted octanol–water partition coefficient (Wildman–Crippen LogP) is 5.38. The average molecular weight is 567 g/mol. The van der Waals surface area contributed by atoms with E-state index in [9.17, 15) is 13.6 Å². The second-order valence-electron chi connectivity index (χ2n) is 9.82. The maximum absolute atomic E-state index is 13.8. The lowest BCUT2D eigenvalue weighted by Gasteiger charge is -2.17. The van der Waals surface area contributed by atoms with E-state index in [1.165, 1.54) is 7.11 Å². The zero-order valence-corrected chi connectivity index (χ0v) is 23.2. The van der Waals surface area contributed by atoms with E-state index in [-0.39, 0.29) is 29.8 Å². The van der Waals surface area contributed by atoms with Crippen LogP contribution in [0.25, 0.3) is 22.3 Å². The summed E-state index contributed by atoms with van der Waals surface area (Å²) in [5.74, 6) is 2.13. The molecule has 1 aliphatic heterocycles. The molecule has 1 aliphatic rings. The molecule has 2 aromatic carbocycles. The van der Waals surface area contributed by atoms with Crippen molar-refractivity contribution in [3.05, 3.63) is 60.4 Å². The first-order chi connectivity index (χ1) is 19.9. The molecule has 1 amide bonds. The number of hydrogen-bond donors (Lipinski definition) is 0. The second-order valence-corrected chi connectivity index (χ2v) is 9.82. The summed E-state index contributed by atoms with van der Waals surface area (Å²) in [6, 6.07) is 14.8. The number of nitrogens with zero attached hydrogens (tertiary/aromatic N) is 4. The van der Waals surface area contributed by atoms with Gasteiger partial charge in [0.1, 0.15) is 17.6 Å². The lowest BCUT2D eigenvalue weighted by molar-refractivity contribution is -0.127. The first-order valence-corrected chi connectivity index (χ1v) is 13.3. The highest BCUT2D eigenvalue weighted by Gasteiger charge is 2.29. The maximum atomic E-state index is 13.8. The number of hydrogen-bond acceptors (Lipinski definition) is 7. The largest absolute Gasteiger partial charge is 0.497 e. The van der Waals surface area contributed by atoms with Gasteiger partial charge in [-0.3, -0.25) is 9.36 Å². The number of halogens is 2. The molecule has 0 saturated carbocycles. The molecule has 4 aromatic rings. The molecule has 9 nitrogen and oxygen atoms in total. The summed E-state index contributed by atoms with van der Waals surface area (Å²) in [5, 5.41) is 0. The van der Waals surface area contributed by atoms with Gasteiger partial charge in [0.15, 0.2) is 11.5 Å². The van der Waals surface area contributed by atoms with Crippen LogP contribution < -0.4 is 18.9 Å². The van der Waals surface area contributed by atoms with Gasteiger partial charge in [-0.1, -0.05) is 12.1 Å². The Bertz CT molecular complexity index is 1510. The third-order valence-corrected chi connectivity index (χ3v) is 7.30. The van der Waals surface area contributed by atoms with Crippen molar-refractivity contribution < 1.29 is 32.5 Å². The van der Waals surface area contributed by atoms with Crippen LogP contribution >= 0.6 is 0 Å². The number of carbonyl (C=O) groups is 1. The number of amides is 1. The molecular weight excluding hydrogens is 534 g/mol. The van der Waals surface area contributed by atoms with E-state index in [2.05, 4.69) is 9.97 Å². The number of methoxy groups -OCH3 is 3. The number of alkyl halides is 2. The Labute approximate surface area is 236 Å². The molecule has 216 valence electrons. The van der Waals surface area contributed by atoms with Crippen molar-refractivity contribution in [2.24, 2.45) is 5.92 Å². The van der Waals surface area contributed by atoms with E-state index in [0.29, 0.717) is 54.2 Å². The first-order valence-electron chi connectivity index (χ1n) is 13.3. The molecule has 3 heterocycles. The van der Waals surface area contributed by atoms with Crippen molar-refractivity contribution in [3.63, 3.8) is 0 Å². The van der Waals surface area contributed by atoms with Gasteiger partial charge in [0, 0.05) is 25.1 Å². The lowest BCUT2D eigenvalue weighted by Crippen LogP contribution is -2.27. The second kappa shape index (κ2) is 12.4. The van der Waals surface area contributed by atoms with Crippen molar-refractivity contribution in [1.29, 1.82) is 0 Å². The van der Waals surface area contributed by atoms with E-state index in [0.717, 1.165) is 28.6 Å².